The summed E-state index contributed by atoms with van der Waals surface area (Å²) in [5.74, 6) is 2.61. The van der Waals surface area contributed by atoms with Gasteiger partial charge in [0, 0.05) is 12.1 Å². The third kappa shape index (κ3) is 4.71. The van der Waals surface area contributed by atoms with E-state index in [4.69, 9.17) is 0 Å². The Balaban J connectivity index is 2.04. The van der Waals surface area contributed by atoms with Crippen molar-refractivity contribution in [2.24, 2.45) is 28.6 Å². The minimum absolute atomic E-state index is 0.493. The van der Waals surface area contributed by atoms with E-state index in [1.807, 2.05) is 0 Å². The molecule has 2 saturated carbocycles. The summed E-state index contributed by atoms with van der Waals surface area (Å²) < 4.78 is 0. The van der Waals surface area contributed by atoms with Crippen molar-refractivity contribution >= 4 is 0 Å². The van der Waals surface area contributed by atoms with E-state index in [9.17, 15) is 0 Å². The summed E-state index contributed by atoms with van der Waals surface area (Å²) in [6, 6.07) is 1.48. The van der Waals surface area contributed by atoms with E-state index in [-0.39, 0.29) is 0 Å². The SMILES string of the molecule is CC1CCC(C(C)C)C(NC2CC(C)(C)CC(C)(C)C2)C1. The molecular weight excluding hydrogens is 254 g/mol. The summed E-state index contributed by atoms with van der Waals surface area (Å²) >= 11 is 0. The molecule has 0 aromatic rings. The predicted octanol–water partition coefficient (Wildman–Crippen LogP) is 5.64. The standard InChI is InChI=1S/C20H39N/c1-14(2)17-9-8-15(3)10-18(17)21-16-11-19(4,5)13-20(6,7)12-16/h14-18,21H,8-13H2,1-7H3. The maximum Gasteiger partial charge on any atom is 0.0103 e. The summed E-state index contributed by atoms with van der Waals surface area (Å²) in [6.07, 6.45) is 8.32. The molecule has 0 heterocycles. The first-order valence-corrected chi connectivity index (χ1v) is 9.34. The zero-order valence-corrected chi connectivity index (χ0v) is 15.6. The van der Waals surface area contributed by atoms with Gasteiger partial charge in [0.05, 0.1) is 0 Å². The molecule has 0 spiro atoms. The summed E-state index contributed by atoms with van der Waals surface area (Å²) in [4.78, 5) is 0. The van der Waals surface area contributed by atoms with E-state index in [0.717, 1.165) is 29.8 Å². The van der Waals surface area contributed by atoms with Crippen LogP contribution in [0.4, 0.5) is 0 Å². The molecule has 0 radical (unpaired) electrons. The molecule has 1 heteroatoms. The lowest BCUT2D eigenvalue weighted by Crippen LogP contribution is -2.52. The van der Waals surface area contributed by atoms with E-state index in [1.165, 1.54) is 38.5 Å². The summed E-state index contributed by atoms with van der Waals surface area (Å²) in [6.45, 7) is 17.1. The van der Waals surface area contributed by atoms with Gasteiger partial charge in [0.1, 0.15) is 0 Å². The van der Waals surface area contributed by atoms with Gasteiger partial charge in [-0.1, -0.05) is 54.9 Å². The second-order valence-electron chi connectivity index (χ2n) is 10.2. The van der Waals surface area contributed by atoms with Crippen LogP contribution in [0.2, 0.25) is 0 Å². The van der Waals surface area contributed by atoms with Crippen molar-refractivity contribution in [3.8, 4) is 0 Å². The Morgan fingerprint density at radius 3 is 2.05 bits per heavy atom. The molecule has 1 N–H and O–H groups in total. The predicted molar refractivity (Wildman–Crippen MR) is 93.5 cm³/mol. The van der Waals surface area contributed by atoms with E-state index in [1.54, 1.807) is 0 Å². The second-order valence-corrected chi connectivity index (χ2v) is 10.2. The maximum atomic E-state index is 4.13. The maximum absolute atomic E-state index is 4.13. The van der Waals surface area contributed by atoms with Crippen molar-refractivity contribution in [3.63, 3.8) is 0 Å². The molecule has 0 saturated heterocycles. The molecule has 1 nitrogen and oxygen atoms in total. The zero-order chi connectivity index (χ0) is 15.8. The third-order valence-corrected chi connectivity index (χ3v) is 6.03. The van der Waals surface area contributed by atoms with Gasteiger partial charge in [-0.3, -0.25) is 0 Å². The van der Waals surface area contributed by atoms with Crippen molar-refractivity contribution in [3.05, 3.63) is 0 Å². The fourth-order valence-electron chi connectivity index (χ4n) is 5.66. The number of nitrogens with one attached hydrogen (secondary N) is 1. The number of rotatable bonds is 3. The van der Waals surface area contributed by atoms with Crippen LogP contribution in [0.15, 0.2) is 0 Å². The quantitative estimate of drug-likeness (QED) is 0.710. The Labute approximate surface area is 133 Å². The Morgan fingerprint density at radius 2 is 1.52 bits per heavy atom. The normalized spacial score (nSPS) is 36.9. The first kappa shape index (κ1) is 17.3. The van der Waals surface area contributed by atoms with E-state index >= 15 is 0 Å². The minimum atomic E-state index is 0.493. The first-order valence-electron chi connectivity index (χ1n) is 9.34. The Hall–Kier alpha value is -0.0400. The Bertz CT molecular complexity index is 326. The van der Waals surface area contributed by atoms with Crippen LogP contribution < -0.4 is 5.32 Å². The van der Waals surface area contributed by atoms with Crippen LogP contribution in [0.25, 0.3) is 0 Å². The molecule has 0 aromatic carbocycles. The minimum Gasteiger partial charge on any atom is -0.311 e. The molecule has 0 aromatic heterocycles. The molecule has 124 valence electrons. The topological polar surface area (TPSA) is 12.0 Å². The van der Waals surface area contributed by atoms with Gasteiger partial charge in [-0.05, 0) is 60.7 Å². The van der Waals surface area contributed by atoms with Gasteiger partial charge in [-0.25, -0.2) is 0 Å². The highest BCUT2D eigenvalue weighted by molar-refractivity contribution is 4.95. The fourth-order valence-corrected chi connectivity index (χ4v) is 5.66. The van der Waals surface area contributed by atoms with Crippen molar-refractivity contribution in [2.45, 2.75) is 99.1 Å². The van der Waals surface area contributed by atoms with E-state index in [2.05, 4.69) is 53.8 Å². The molecule has 0 bridgehead atoms. The Kier molecular flexibility index (Phi) is 5.13. The average Bonchev–Trinajstić information content (AvgIpc) is 2.23. The van der Waals surface area contributed by atoms with Gasteiger partial charge in [0.15, 0.2) is 0 Å². The molecule has 2 aliphatic carbocycles. The highest BCUT2D eigenvalue weighted by Crippen LogP contribution is 2.46. The first-order chi connectivity index (χ1) is 9.58. The van der Waals surface area contributed by atoms with E-state index in [0.29, 0.717) is 10.8 Å². The zero-order valence-electron chi connectivity index (χ0n) is 15.6. The molecule has 2 aliphatic rings. The van der Waals surface area contributed by atoms with Crippen molar-refractivity contribution in [1.82, 2.24) is 5.32 Å². The largest absolute Gasteiger partial charge is 0.311 e. The van der Waals surface area contributed by atoms with Gasteiger partial charge in [0.2, 0.25) is 0 Å². The summed E-state index contributed by atoms with van der Waals surface area (Å²) in [7, 11) is 0. The smallest absolute Gasteiger partial charge is 0.0103 e. The van der Waals surface area contributed by atoms with Crippen molar-refractivity contribution in [2.75, 3.05) is 0 Å². The van der Waals surface area contributed by atoms with Gasteiger partial charge >= 0.3 is 0 Å². The van der Waals surface area contributed by atoms with Crippen LogP contribution in [0, 0.1) is 28.6 Å². The van der Waals surface area contributed by atoms with Crippen LogP contribution in [-0.4, -0.2) is 12.1 Å². The molecule has 2 rings (SSSR count). The molecule has 3 unspecified atom stereocenters. The lowest BCUT2D eigenvalue weighted by atomic mass is 9.63. The van der Waals surface area contributed by atoms with Gasteiger partial charge < -0.3 is 5.32 Å². The molecule has 0 amide bonds. The lowest BCUT2D eigenvalue weighted by molar-refractivity contribution is 0.0633. The molecule has 0 aliphatic heterocycles. The van der Waals surface area contributed by atoms with Crippen LogP contribution >= 0.6 is 0 Å². The molecule has 2 fully saturated rings. The van der Waals surface area contributed by atoms with Crippen LogP contribution in [0.3, 0.4) is 0 Å². The van der Waals surface area contributed by atoms with E-state index < -0.39 is 0 Å². The fraction of sp³-hybridized carbons (Fsp3) is 1.00. The third-order valence-electron chi connectivity index (χ3n) is 6.03. The summed E-state index contributed by atoms with van der Waals surface area (Å²) in [5, 5.41) is 4.13. The van der Waals surface area contributed by atoms with Crippen molar-refractivity contribution in [1.29, 1.82) is 0 Å². The molecular formula is C20H39N. The number of hydrogen-bond acceptors (Lipinski definition) is 1. The summed E-state index contributed by atoms with van der Waals surface area (Å²) in [5.41, 5.74) is 0.986. The monoisotopic (exact) mass is 293 g/mol. The van der Waals surface area contributed by atoms with Gasteiger partial charge in [-0.15, -0.1) is 0 Å². The lowest BCUT2D eigenvalue weighted by Gasteiger charge is -2.48. The van der Waals surface area contributed by atoms with Crippen LogP contribution in [0.5, 0.6) is 0 Å². The van der Waals surface area contributed by atoms with Crippen molar-refractivity contribution < 1.29 is 0 Å². The highest BCUT2D eigenvalue weighted by Gasteiger charge is 2.40. The average molecular weight is 294 g/mol. The Morgan fingerprint density at radius 1 is 0.952 bits per heavy atom. The van der Waals surface area contributed by atoms with Gasteiger partial charge in [0.25, 0.3) is 0 Å². The molecule has 3 atom stereocenters. The molecule has 21 heavy (non-hydrogen) atoms. The van der Waals surface area contributed by atoms with Crippen LogP contribution in [0.1, 0.15) is 87.0 Å². The second kappa shape index (κ2) is 6.22. The highest BCUT2D eigenvalue weighted by atomic mass is 15.0. The van der Waals surface area contributed by atoms with Gasteiger partial charge in [-0.2, -0.15) is 0 Å². The number of hydrogen-bond donors (Lipinski definition) is 1. The van der Waals surface area contributed by atoms with Crippen LogP contribution in [-0.2, 0) is 0 Å².